The number of hydrogen-bond acceptors (Lipinski definition) is 4. The Labute approximate surface area is 227 Å². The van der Waals surface area contributed by atoms with E-state index in [0.29, 0.717) is 0 Å². The predicted octanol–water partition coefficient (Wildman–Crippen LogP) is 11.6. The van der Waals surface area contributed by atoms with Crippen molar-refractivity contribution < 1.29 is 4.74 Å². The van der Waals surface area contributed by atoms with Crippen LogP contribution in [0.2, 0.25) is 0 Å². The fourth-order valence-electron chi connectivity index (χ4n) is 4.70. The molecular weight excluding hydrogens is 485 g/mol. The van der Waals surface area contributed by atoms with Gasteiger partial charge < -0.3 is 4.74 Å². The summed E-state index contributed by atoms with van der Waals surface area (Å²) in [6.45, 7) is 6.88. The van der Waals surface area contributed by atoms with Crippen molar-refractivity contribution in [1.82, 2.24) is 0 Å². The fourth-order valence-corrected chi connectivity index (χ4v) is 8.17. The first-order valence-corrected chi connectivity index (χ1v) is 16.6. The minimum absolute atomic E-state index is 1.05. The summed E-state index contributed by atoms with van der Waals surface area (Å²) in [5.41, 5.74) is 4.57. The van der Waals surface area contributed by atoms with Crippen LogP contribution >= 0.6 is 34.0 Å². The Hall–Kier alpha value is -1.10. The van der Waals surface area contributed by atoms with Crippen LogP contribution in [-0.4, -0.2) is 7.11 Å². The van der Waals surface area contributed by atoms with Gasteiger partial charge in [-0.15, -0.1) is 22.7 Å². The van der Waals surface area contributed by atoms with Crippen molar-refractivity contribution in [1.29, 1.82) is 0 Å². The van der Waals surface area contributed by atoms with E-state index in [1.54, 1.807) is 5.56 Å². The number of ether oxygens (including phenoxy) is 1. The quantitative estimate of drug-likeness (QED) is 0.149. The molecule has 0 aromatic carbocycles. The Balaban J connectivity index is 1.84. The van der Waals surface area contributed by atoms with Gasteiger partial charge in [-0.1, -0.05) is 89.9 Å². The van der Waals surface area contributed by atoms with Crippen molar-refractivity contribution in [2.45, 2.75) is 117 Å². The van der Waals surface area contributed by atoms with Crippen LogP contribution in [0.4, 0.5) is 0 Å². The van der Waals surface area contributed by atoms with Crippen LogP contribution in [0.1, 0.15) is 115 Å². The third-order valence-corrected chi connectivity index (χ3v) is 10.5. The molecule has 0 aliphatic rings. The maximum atomic E-state index is 5.68. The summed E-state index contributed by atoms with van der Waals surface area (Å²) in [7, 11) is 1.81. The number of unbranched alkanes of at least 4 members (excludes halogenated alkanes) is 9. The van der Waals surface area contributed by atoms with Crippen molar-refractivity contribution in [3.63, 3.8) is 0 Å². The summed E-state index contributed by atoms with van der Waals surface area (Å²) >= 11 is 5.82. The Morgan fingerprint density at radius 1 is 0.600 bits per heavy atom. The van der Waals surface area contributed by atoms with Crippen LogP contribution in [0, 0.1) is 0 Å². The molecule has 0 aliphatic carbocycles. The zero-order chi connectivity index (χ0) is 24.9. The molecule has 3 aromatic rings. The molecule has 0 spiro atoms. The number of rotatable bonds is 18. The van der Waals surface area contributed by atoms with Gasteiger partial charge in [-0.3, -0.25) is 0 Å². The van der Waals surface area contributed by atoms with E-state index in [0.717, 1.165) is 11.5 Å². The summed E-state index contributed by atoms with van der Waals surface area (Å²) in [6, 6.07) is 7.31. The summed E-state index contributed by atoms with van der Waals surface area (Å²) in [6.07, 6.45) is 19.4. The van der Waals surface area contributed by atoms with Gasteiger partial charge in [0.05, 0.1) is 12.0 Å². The minimum Gasteiger partial charge on any atom is -0.487 e. The molecule has 35 heavy (non-hydrogen) atoms. The third-order valence-electron chi connectivity index (χ3n) is 6.82. The van der Waals surface area contributed by atoms with Gasteiger partial charge in [0.15, 0.2) is 5.06 Å². The van der Waals surface area contributed by atoms with Gasteiger partial charge >= 0.3 is 0 Å². The minimum atomic E-state index is 1.05. The molecule has 0 amide bonds. The van der Waals surface area contributed by atoms with Gasteiger partial charge in [-0.2, -0.15) is 0 Å². The van der Waals surface area contributed by atoms with Gasteiger partial charge in [-0.25, -0.2) is 0 Å². The SMILES string of the molecule is CCCCCCc1csc(-c2sc(-c3sc(OC)cc3CCCCCC)cc2CCCCCC)c1. The average Bonchev–Trinajstić information content (AvgIpc) is 3.60. The fraction of sp³-hybridized carbons (Fsp3) is 0.613. The van der Waals surface area contributed by atoms with Crippen molar-refractivity contribution in [2.75, 3.05) is 7.11 Å². The molecular formula is C31H46OS3. The second kappa shape index (κ2) is 15.9. The molecule has 3 heterocycles. The second-order valence-corrected chi connectivity index (χ2v) is 12.8. The first-order chi connectivity index (χ1) is 17.2. The largest absolute Gasteiger partial charge is 0.487 e. The van der Waals surface area contributed by atoms with E-state index in [1.807, 2.05) is 41.1 Å². The van der Waals surface area contributed by atoms with Crippen LogP contribution in [0.25, 0.3) is 19.5 Å². The summed E-state index contributed by atoms with van der Waals surface area (Å²) in [5.74, 6) is 0. The third kappa shape index (κ3) is 8.76. The van der Waals surface area contributed by atoms with Gasteiger partial charge in [-0.05, 0) is 78.8 Å². The summed E-state index contributed by atoms with van der Waals surface area (Å²) < 4.78 is 5.68. The monoisotopic (exact) mass is 530 g/mol. The lowest BCUT2D eigenvalue weighted by molar-refractivity contribution is 0.427. The highest BCUT2D eigenvalue weighted by Crippen LogP contribution is 2.46. The molecule has 0 N–H and O–H groups in total. The van der Waals surface area contributed by atoms with Crippen molar-refractivity contribution in [3.05, 3.63) is 40.3 Å². The van der Waals surface area contributed by atoms with Crippen LogP contribution < -0.4 is 4.74 Å². The zero-order valence-electron chi connectivity index (χ0n) is 22.5. The van der Waals surface area contributed by atoms with Crippen molar-refractivity contribution in [2.24, 2.45) is 0 Å². The molecule has 0 unspecified atom stereocenters. The highest BCUT2D eigenvalue weighted by molar-refractivity contribution is 7.26. The molecule has 0 bridgehead atoms. The summed E-state index contributed by atoms with van der Waals surface area (Å²) in [5, 5.41) is 3.46. The lowest BCUT2D eigenvalue weighted by Crippen LogP contribution is -1.86. The number of aryl methyl sites for hydroxylation is 3. The molecule has 0 aliphatic heterocycles. The van der Waals surface area contributed by atoms with E-state index in [-0.39, 0.29) is 0 Å². The Morgan fingerprint density at radius 2 is 1.17 bits per heavy atom. The summed E-state index contributed by atoms with van der Waals surface area (Å²) in [4.78, 5) is 5.89. The first kappa shape index (κ1) is 28.5. The number of hydrogen-bond donors (Lipinski definition) is 0. The van der Waals surface area contributed by atoms with Crippen molar-refractivity contribution in [3.8, 4) is 24.6 Å². The van der Waals surface area contributed by atoms with Crippen LogP contribution in [0.5, 0.6) is 5.06 Å². The van der Waals surface area contributed by atoms with E-state index in [4.69, 9.17) is 4.74 Å². The number of methoxy groups -OCH3 is 1. The number of thiophene rings is 3. The standard InChI is InChI=1S/C31H46OS3/c1-5-8-11-14-17-24-20-27(33-23-24)30-25(18-15-12-9-6-2)21-28(34-30)31-26(19-16-13-10-7-3)22-29(32-4)35-31/h20-23H,5-19H2,1-4H3. The molecule has 0 saturated heterocycles. The lowest BCUT2D eigenvalue weighted by atomic mass is 10.0. The van der Waals surface area contributed by atoms with Gasteiger partial charge in [0, 0.05) is 14.6 Å². The van der Waals surface area contributed by atoms with Crippen molar-refractivity contribution >= 4 is 34.0 Å². The van der Waals surface area contributed by atoms with E-state index in [2.05, 4.69) is 44.4 Å². The lowest BCUT2D eigenvalue weighted by Gasteiger charge is -2.02. The van der Waals surface area contributed by atoms with E-state index in [9.17, 15) is 0 Å². The smallest absolute Gasteiger partial charge is 0.174 e. The molecule has 3 rings (SSSR count). The average molecular weight is 531 g/mol. The zero-order valence-corrected chi connectivity index (χ0v) is 25.0. The maximum Gasteiger partial charge on any atom is 0.174 e. The molecule has 0 saturated carbocycles. The molecule has 4 heteroatoms. The Bertz CT molecular complexity index is 977. The molecule has 3 aromatic heterocycles. The van der Waals surface area contributed by atoms with Crippen LogP contribution in [-0.2, 0) is 19.3 Å². The predicted molar refractivity (Wildman–Crippen MR) is 161 cm³/mol. The molecule has 1 nitrogen and oxygen atoms in total. The highest BCUT2D eigenvalue weighted by atomic mass is 32.1. The molecule has 194 valence electrons. The first-order valence-electron chi connectivity index (χ1n) is 14.1. The molecule has 0 fully saturated rings. The van der Waals surface area contributed by atoms with Gasteiger partial charge in [0.25, 0.3) is 0 Å². The second-order valence-electron chi connectivity index (χ2n) is 9.84. The van der Waals surface area contributed by atoms with E-state index in [1.165, 1.54) is 121 Å². The maximum absolute atomic E-state index is 5.68. The van der Waals surface area contributed by atoms with E-state index >= 15 is 0 Å². The molecule has 0 radical (unpaired) electrons. The molecule has 0 atom stereocenters. The van der Waals surface area contributed by atoms with Gasteiger partial charge in [0.1, 0.15) is 0 Å². The van der Waals surface area contributed by atoms with Crippen LogP contribution in [0.15, 0.2) is 23.6 Å². The topological polar surface area (TPSA) is 9.23 Å². The normalized spacial score (nSPS) is 11.4. The Morgan fingerprint density at radius 3 is 1.77 bits per heavy atom. The van der Waals surface area contributed by atoms with Crippen LogP contribution in [0.3, 0.4) is 0 Å². The Kier molecular flexibility index (Phi) is 12.9. The van der Waals surface area contributed by atoms with Gasteiger partial charge in [0.2, 0.25) is 0 Å². The highest BCUT2D eigenvalue weighted by Gasteiger charge is 2.19. The van der Waals surface area contributed by atoms with E-state index < -0.39 is 0 Å².